The van der Waals surface area contributed by atoms with Crippen molar-refractivity contribution in [2.45, 2.75) is 318 Å². The number of imidazole rings is 2. The van der Waals surface area contributed by atoms with E-state index in [9.17, 15) is 33.1 Å². The van der Waals surface area contributed by atoms with Gasteiger partial charge in [0, 0.05) is 6.42 Å². The molecule has 0 aliphatic carbocycles. The number of aromatic nitrogens is 8. The van der Waals surface area contributed by atoms with Gasteiger partial charge in [0.2, 0.25) is 20.8 Å². The lowest BCUT2D eigenvalue weighted by atomic mass is 10.1. The van der Waals surface area contributed by atoms with Gasteiger partial charge >= 0.3 is 23.9 Å². The molecule has 99 heavy (non-hydrogen) atoms. The summed E-state index contributed by atoms with van der Waals surface area (Å²) in [6, 6.07) is 0. The van der Waals surface area contributed by atoms with Crippen molar-refractivity contribution in [1.29, 1.82) is 0 Å². The number of esters is 4. The fourth-order valence-corrected chi connectivity index (χ4v) is 16.0. The largest absolute Gasteiger partial charge is 0.464 e. The van der Waals surface area contributed by atoms with Gasteiger partial charge < -0.3 is 48.6 Å². The quantitative estimate of drug-likeness (QED) is 0.0103. The Kier molecular flexibility index (Phi) is 40.3. The average molecular weight is 1430 g/mol. The number of nitrogens with two attached hydrogens (primary N) is 1. The lowest BCUT2D eigenvalue weighted by Crippen LogP contribution is -2.54. The van der Waals surface area contributed by atoms with Gasteiger partial charge in [-0.3, -0.25) is 33.1 Å². The minimum absolute atomic E-state index is 0.110. The molecule has 0 aromatic carbocycles. The molecule has 0 aliphatic heterocycles. The van der Waals surface area contributed by atoms with Crippen molar-refractivity contribution in [2.24, 2.45) is 0 Å². The summed E-state index contributed by atoms with van der Waals surface area (Å²) in [6.07, 6.45) is 30.6. The van der Waals surface area contributed by atoms with Gasteiger partial charge in [0.25, 0.3) is 0 Å². The third-order valence-electron chi connectivity index (χ3n) is 16.4. The summed E-state index contributed by atoms with van der Waals surface area (Å²) >= 11 is 0. The summed E-state index contributed by atoms with van der Waals surface area (Å²) in [4.78, 5) is 90.8. The van der Waals surface area contributed by atoms with Crippen LogP contribution in [0.3, 0.4) is 0 Å². The molecule has 4 aromatic rings. The number of carbonyl (C=O) groups is 5. The number of nitrogens with one attached hydrogen (secondary N) is 5. The Bertz CT molecular complexity index is 3040. The molecule has 0 radical (unpaired) electrons. The van der Waals surface area contributed by atoms with E-state index in [0.29, 0.717) is 41.1 Å². The Hall–Kier alpha value is -5.53. The van der Waals surface area contributed by atoms with E-state index in [0.717, 1.165) is 122 Å². The van der Waals surface area contributed by atoms with Crippen molar-refractivity contribution in [3.05, 3.63) is 25.3 Å². The number of rotatable bonds is 53. The first-order chi connectivity index (χ1) is 46.9. The number of hydrogen-bond donors (Lipinski definition) is 6. The maximum Gasteiger partial charge on any atom is 0.326 e. The minimum atomic E-state index is -3.83. The average Bonchev–Trinajstić information content (AvgIpc) is 1.77. The second kappa shape index (κ2) is 45.5. The highest BCUT2D eigenvalue weighted by atomic mass is 31.2. The van der Waals surface area contributed by atoms with E-state index in [1.54, 1.807) is 77.2 Å². The van der Waals surface area contributed by atoms with Crippen molar-refractivity contribution in [3.63, 3.8) is 0 Å². The van der Waals surface area contributed by atoms with E-state index in [1.807, 2.05) is 13.8 Å². The topological polar surface area (TPSA) is 348 Å². The van der Waals surface area contributed by atoms with Gasteiger partial charge in [0.05, 0.1) is 64.4 Å². The van der Waals surface area contributed by atoms with Crippen molar-refractivity contribution in [1.82, 2.24) is 59.4 Å². The van der Waals surface area contributed by atoms with Gasteiger partial charge in [-0.1, -0.05) is 163 Å². The van der Waals surface area contributed by atoms with Crippen LogP contribution in [0.2, 0.25) is 0 Å². The van der Waals surface area contributed by atoms with Gasteiger partial charge in [-0.15, -0.1) is 0 Å². The van der Waals surface area contributed by atoms with Crippen LogP contribution >= 0.6 is 14.9 Å². The van der Waals surface area contributed by atoms with E-state index >= 15 is 0 Å². The van der Waals surface area contributed by atoms with E-state index in [1.165, 1.54) is 51.2 Å². The molecule has 0 bridgehead atoms. The highest BCUT2D eigenvalue weighted by molar-refractivity contribution is 7.60. The number of amides is 1. The molecule has 0 saturated carbocycles. The Morgan fingerprint density at radius 3 is 1.09 bits per heavy atom. The highest BCUT2D eigenvalue weighted by Gasteiger charge is 2.45. The molecule has 7 N–H and O–H groups in total. The summed E-state index contributed by atoms with van der Waals surface area (Å²) in [6.45, 7) is 28.8. The zero-order chi connectivity index (χ0) is 73.6. The summed E-state index contributed by atoms with van der Waals surface area (Å²) in [5.41, 5.74) is 2.48. The van der Waals surface area contributed by atoms with E-state index in [2.05, 4.69) is 90.2 Å². The van der Waals surface area contributed by atoms with Crippen LogP contribution in [-0.4, -0.2) is 142 Å². The second-order valence-corrected chi connectivity index (χ2v) is 32.5. The first kappa shape index (κ1) is 87.7. The molecule has 27 nitrogen and oxygen atoms in total. The van der Waals surface area contributed by atoms with Crippen molar-refractivity contribution in [3.8, 4) is 0 Å². The van der Waals surface area contributed by atoms with Gasteiger partial charge in [-0.2, -0.15) is 0 Å². The number of anilines is 2. The summed E-state index contributed by atoms with van der Waals surface area (Å²) < 4.78 is 67.0. The molecule has 0 saturated heterocycles. The Morgan fingerprint density at radius 1 is 0.434 bits per heavy atom. The number of nitrogen functional groups attached to an aromatic ring is 1. The number of ether oxygens (including phenoxy) is 6. The van der Waals surface area contributed by atoms with Crippen LogP contribution in [0.25, 0.3) is 22.3 Å². The molecule has 2 atom stereocenters. The maximum absolute atomic E-state index is 14.7. The summed E-state index contributed by atoms with van der Waals surface area (Å²) in [5.74, 6) is -1.69. The van der Waals surface area contributed by atoms with Crippen molar-refractivity contribution < 1.29 is 61.5 Å². The van der Waals surface area contributed by atoms with Crippen LogP contribution in [0.4, 0.5) is 11.6 Å². The lowest BCUT2D eigenvalue weighted by Gasteiger charge is -2.35. The first-order valence-corrected chi connectivity index (χ1v) is 40.4. The molecular formula is C70H126N14O13P2. The molecule has 4 aromatic heterocycles. The van der Waals surface area contributed by atoms with Crippen LogP contribution in [0.5, 0.6) is 0 Å². The second-order valence-electron chi connectivity index (χ2n) is 28.2. The molecule has 564 valence electrons. The molecular weight excluding hydrogens is 1310 g/mol. The Balaban J connectivity index is 0.000000533. The summed E-state index contributed by atoms with van der Waals surface area (Å²) in [5, 5.41) is 14.8. The fraction of sp³-hybridized carbons (Fsp3) is 0.786. The van der Waals surface area contributed by atoms with Gasteiger partial charge in [-0.25, -0.2) is 50.3 Å². The zero-order valence-electron chi connectivity index (χ0n) is 62.9. The van der Waals surface area contributed by atoms with E-state index in [4.69, 9.17) is 34.2 Å². The van der Waals surface area contributed by atoms with Crippen LogP contribution in [0, 0.1) is 0 Å². The van der Waals surface area contributed by atoms with Crippen LogP contribution in [0.15, 0.2) is 25.3 Å². The third kappa shape index (κ3) is 33.0. The molecule has 0 spiro atoms. The van der Waals surface area contributed by atoms with Crippen molar-refractivity contribution >= 4 is 78.6 Å². The highest BCUT2D eigenvalue weighted by Crippen LogP contribution is 2.44. The SMILES string of the molecule is CCCCCCCCCCCC(=O)Nc1ncnc2c1ncn2C[C@@H](C)OCP(=O)(NC(C)(C)C(=O)OCCCCCC)NC(C)(C)C(=O)OCCCCCC.CCCCCCOC(=O)C(C)(C)NP(=O)(CO[C@H](C)Cn1cnc2c(N)ncnc21)NC(C)(C)C(=O)OCCCCCC. The van der Waals surface area contributed by atoms with Crippen LogP contribution < -0.4 is 31.4 Å². The van der Waals surface area contributed by atoms with Crippen LogP contribution in [-0.2, 0) is 74.6 Å². The molecule has 29 heteroatoms. The normalized spacial score (nSPS) is 13.0. The van der Waals surface area contributed by atoms with E-state index < -0.39 is 73.1 Å². The number of fused-ring (bicyclic) bond motifs is 2. The number of nitrogens with zero attached hydrogens (tertiary/aromatic N) is 8. The predicted molar refractivity (Wildman–Crippen MR) is 391 cm³/mol. The third-order valence-corrected chi connectivity index (χ3v) is 21.1. The van der Waals surface area contributed by atoms with Crippen LogP contribution in [0.1, 0.15) is 271 Å². The van der Waals surface area contributed by atoms with Gasteiger partial charge in [0.15, 0.2) is 28.4 Å². The number of hydrogen-bond acceptors (Lipinski definition) is 20. The lowest BCUT2D eigenvalue weighted by molar-refractivity contribution is -0.150. The molecule has 0 unspecified atom stereocenters. The molecule has 0 aliphatic rings. The minimum Gasteiger partial charge on any atom is -0.464 e. The molecule has 4 heterocycles. The number of carbonyl (C=O) groups excluding carboxylic acids is 5. The maximum atomic E-state index is 14.7. The smallest absolute Gasteiger partial charge is 0.326 e. The standard InChI is InChI=1S/C41H74N7O7P.C29H52N7O6P/c1-9-12-15-18-19-20-21-22-23-26-34(49)45-36-35-37(43-30-42-36)48(31-44-35)29-33(4)55-32-56(52,46-40(5,6)38(50)53-27-24-16-13-10-2)47-41(7,8)39(51)54-28-25-17-14-11-3;1-8-10-12-14-16-40-26(37)28(4,5)34-43(39,35-29(6,7)27(38)41-17-15-13-11-9-2)21-42-22(3)18-36-20-33-23-24(30)31-19-32-25(23)36/h30-31,33H,9-29,32H2,1-8H3,(H2,46,47,52)(H,42,43,45,49);19-20,22H,8-18,21H2,1-7H3,(H2,30,31,32)(H2,34,35,39)/t33-;22-/m11/s1. The zero-order valence-corrected chi connectivity index (χ0v) is 64.7. The number of unbranched alkanes of at least 4 members (excludes halogenated alkanes) is 20. The Morgan fingerprint density at radius 2 is 0.737 bits per heavy atom. The van der Waals surface area contributed by atoms with Gasteiger partial charge in [0.1, 0.15) is 53.0 Å². The Labute approximate surface area is 590 Å². The van der Waals surface area contributed by atoms with Crippen molar-refractivity contribution in [2.75, 3.05) is 50.2 Å². The monoisotopic (exact) mass is 1430 g/mol. The fourth-order valence-electron chi connectivity index (χ4n) is 10.7. The van der Waals surface area contributed by atoms with E-state index in [-0.39, 0.29) is 57.4 Å². The predicted octanol–water partition coefficient (Wildman–Crippen LogP) is 14.2. The molecule has 4 rings (SSSR count). The summed E-state index contributed by atoms with van der Waals surface area (Å²) in [7, 11) is -7.59. The van der Waals surface area contributed by atoms with Gasteiger partial charge in [-0.05, 0) is 101 Å². The first-order valence-electron chi connectivity index (χ1n) is 36.6. The molecule has 1 amide bonds. The molecule has 0 fully saturated rings.